The van der Waals surface area contributed by atoms with Crippen LogP contribution >= 0.6 is 0 Å². The van der Waals surface area contributed by atoms with Gasteiger partial charge in [-0.2, -0.15) is 0 Å². The Morgan fingerprint density at radius 2 is 2.15 bits per heavy atom. The topological polar surface area (TPSA) is 60.0 Å². The van der Waals surface area contributed by atoms with Crippen molar-refractivity contribution in [2.75, 3.05) is 26.5 Å². The smallest absolute Gasteiger partial charge is 0.231 e. The lowest BCUT2D eigenvalue weighted by Crippen LogP contribution is -2.34. The van der Waals surface area contributed by atoms with Crippen LogP contribution in [0.1, 0.15) is 30.9 Å². The second-order valence-corrected chi connectivity index (χ2v) is 5.28. The van der Waals surface area contributed by atoms with Gasteiger partial charge in [-0.1, -0.05) is 6.07 Å². The van der Waals surface area contributed by atoms with Gasteiger partial charge in [-0.25, -0.2) is 0 Å². The van der Waals surface area contributed by atoms with Crippen molar-refractivity contribution in [2.45, 2.75) is 31.5 Å². The van der Waals surface area contributed by atoms with Gasteiger partial charge in [0.15, 0.2) is 11.5 Å². The quantitative estimate of drug-likeness (QED) is 0.857. The summed E-state index contributed by atoms with van der Waals surface area (Å²) in [5.41, 5.74) is 0.839. The zero-order chi connectivity index (χ0) is 13.8. The first-order chi connectivity index (χ1) is 9.83. The van der Waals surface area contributed by atoms with E-state index in [1.807, 2.05) is 18.2 Å². The van der Waals surface area contributed by atoms with Crippen molar-refractivity contribution in [3.05, 3.63) is 23.8 Å². The SMILES string of the molecule is OC(CNCC1CCCCO1)c1ccc2c(c1)OCO2. The lowest BCUT2D eigenvalue weighted by molar-refractivity contribution is 0.0152. The molecule has 1 aromatic carbocycles. The van der Waals surface area contributed by atoms with Crippen LogP contribution in [0.15, 0.2) is 18.2 Å². The molecular weight excluding hydrogens is 258 g/mol. The fraction of sp³-hybridized carbons (Fsp3) is 0.600. The summed E-state index contributed by atoms with van der Waals surface area (Å²) in [5.74, 6) is 1.45. The van der Waals surface area contributed by atoms with Gasteiger partial charge in [0.1, 0.15) is 0 Å². The summed E-state index contributed by atoms with van der Waals surface area (Å²) < 4.78 is 16.2. The normalized spacial score (nSPS) is 22.8. The van der Waals surface area contributed by atoms with E-state index in [2.05, 4.69) is 5.32 Å². The fourth-order valence-electron chi connectivity index (χ4n) is 2.59. The Hall–Kier alpha value is -1.30. The molecule has 0 spiro atoms. The van der Waals surface area contributed by atoms with Gasteiger partial charge in [0, 0.05) is 19.7 Å². The number of aliphatic hydroxyl groups excluding tert-OH is 1. The van der Waals surface area contributed by atoms with Crippen LogP contribution in [0.4, 0.5) is 0 Å². The van der Waals surface area contributed by atoms with Crippen molar-refractivity contribution in [3.8, 4) is 11.5 Å². The molecule has 2 aliphatic heterocycles. The zero-order valence-electron chi connectivity index (χ0n) is 11.5. The lowest BCUT2D eigenvalue weighted by Gasteiger charge is -2.23. The molecule has 0 aromatic heterocycles. The van der Waals surface area contributed by atoms with Crippen LogP contribution in [0.3, 0.4) is 0 Å². The van der Waals surface area contributed by atoms with Crippen molar-refractivity contribution in [3.63, 3.8) is 0 Å². The molecule has 2 heterocycles. The molecule has 0 aliphatic carbocycles. The Kier molecular flexibility index (Phi) is 4.40. The Bertz CT molecular complexity index is 445. The third-order valence-corrected chi connectivity index (χ3v) is 3.77. The predicted octanol–water partition coefficient (Wildman–Crippen LogP) is 1.61. The van der Waals surface area contributed by atoms with E-state index in [0.717, 1.165) is 37.3 Å². The van der Waals surface area contributed by atoms with Gasteiger partial charge in [-0.05, 0) is 37.0 Å². The molecule has 110 valence electrons. The lowest BCUT2D eigenvalue weighted by atomic mass is 10.1. The van der Waals surface area contributed by atoms with E-state index in [0.29, 0.717) is 12.3 Å². The first kappa shape index (κ1) is 13.7. The number of benzene rings is 1. The molecule has 0 bridgehead atoms. The van der Waals surface area contributed by atoms with E-state index in [1.54, 1.807) is 0 Å². The first-order valence-corrected chi connectivity index (χ1v) is 7.23. The molecule has 1 aromatic rings. The maximum absolute atomic E-state index is 10.2. The maximum Gasteiger partial charge on any atom is 0.231 e. The molecule has 0 radical (unpaired) electrons. The molecule has 5 heteroatoms. The number of nitrogens with one attached hydrogen (secondary N) is 1. The van der Waals surface area contributed by atoms with Gasteiger partial charge in [0.25, 0.3) is 0 Å². The summed E-state index contributed by atoms with van der Waals surface area (Å²) in [7, 11) is 0. The third kappa shape index (κ3) is 3.23. The van der Waals surface area contributed by atoms with Crippen LogP contribution in [0.5, 0.6) is 11.5 Å². The highest BCUT2D eigenvalue weighted by Crippen LogP contribution is 2.34. The summed E-state index contributed by atoms with van der Waals surface area (Å²) in [5, 5.41) is 13.5. The highest BCUT2D eigenvalue weighted by molar-refractivity contribution is 5.45. The van der Waals surface area contributed by atoms with Gasteiger partial charge in [-0.3, -0.25) is 0 Å². The summed E-state index contributed by atoms with van der Waals surface area (Å²) in [4.78, 5) is 0. The van der Waals surface area contributed by atoms with E-state index >= 15 is 0 Å². The molecule has 2 atom stereocenters. The molecule has 2 aliphatic rings. The van der Waals surface area contributed by atoms with Crippen LogP contribution < -0.4 is 14.8 Å². The molecule has 0 saturated carbocycles. The third-order valence-electron chi connectivity index (χ3n) is 3.77. The van der Waals surface area contributed by atoms with Gasteiger partial charge in [-0.15, -0.1) is 0 Å². The number of hydrogen-bond acceptors (Lipinski definition) is 5. The number of hydrogen-bond donors (Lipinski definition) is 2. The number of fused-ring (bicyclic) bond motifs is 1. The average Bonchev–Trinajstić information content (AvgIpc) is 2.95. The summed E-state index contributed by atoms with van der Waals surface area (Å²) in [6.45, 7) is 2.42. The monoisotopic (exact) mass is 279 g/mol. The molecule has 2 unspecified atom stereocenters. The summed E-state index contributed by atoms with van der Waals surface area (Å²) >= 11 is 0. The van der Waals surface area contributed by atoms with Crippen molar-refractivity contribution < 1.29 is 19.3 Å². The standard InChI is InChI=1S/C15H21NO4/c17-13(9-16-8-12-3-1-2-6-18-12)11-4-5-14-15(7-11)20-10-19-14/h4-5,7,12-13,16-17H,1-3,6,8-10H2. The second-order valence-electron chi connectivity index (χ2n) is 5.28. The van der Waals surface area contributed by atoms with Crippen LogP contribution in [0.25, 0.3) is 0 Å². The van der Waals surface area contributed by atoms with Crippen molar-refractivity contribution >= 4 is 0 Å². The van der Waals surface area contributed by atoms with Crippen LogP contribution in [-0.4, -0.2) is 37.7 Å². The first-order valence-electron chi connectivity index (χ1n) is 7.23. The molecule has 1 fully saturated rings. The molecule has 20 heavy (non-hydrogen) atoms. The van der Waals surface area contributed by atoms with E-state index in [9.17, 15) is 5.11 Å². The Morgan fingerprint density at radius 3 is 3.00 bits per heavy atom. The summed E-state index contributed by atoms with van der Waals surface area (Å²) in [6.07, 6.45) is 3.24. The summed E-state index contributed by atoms with van der Waals surface area (Å²) in [6, 6.07) is 5.55. The largest absolute Gasteiger partial charge is 0.454 e. The molecule has 3 rings (SSSR count). The minimum atomic E-state index is -0.548. The molecule has 0 amide bonds. The Labute approximate surface area is 118 Å². The predicted molar refractivity (Wildman–Crippen MR) is 74.0 cm³/mol. The van der Waals surface area contributed by atoms with Gasteiger partial charge >= 0.3 is 0 Å². The molecule has 5 nitrogen and oxygen atoms in total. The van der Waals surface area contributed by atoms with Gasteiger partial charge in [0.05, 0.1) is 12.2 Å². The number of aliphatic hydroxyl groups is 1. The molecule has 2 N–H and O–H groups in total. The van der Waals surface area contributed by atoms with E-state index in [-0.39, 0.29) is 12.9 Å². The minimum absolute atomic E-state index is 0.256. The van der Waals surface area contributed by atoms with Crippen LogP contribution in [0, 0.1) is 0 Å². The van der Waals surface area contributed by atoms with Crippen LogP contribution in [-0.2, 0) is 4.74 Å². The fourth-order valence-corrected chi connectivity index (χ4v) is 2.59. The molecular formula is C15H21NO4. The Morgan fingerprint density at radius 1 is 1.25 bits per heavy atom. The maximum atomic E-state index is 10.2. The van der Waals surface area contributed by atoms with Crippen molar-refractivity contribution in [2.24, 2.45) is 0 Å². The van der Waals surface area contributed by atoms with E-state index in [1.165, 1.54) is 6.42 Å². The highest BCUT2D eigenvalue weighted by atomic mass is 16.7. The van der Waals surface area contributed by atoms with Gasteiger partial charge < -0.3 is 24.6 Å². The minimum Gasteiger partial charge on any atom is -0.454 e. The second kappa shape index (κ2) is 6.43. The van der Waals surface area contributed by atoms with E-state index in [4.69, 9.17) is 14.2 Å². The van der Waals surface area contributed by atoms with Crippen molar-refractivity contribution in [1.82, 2.24) is 5.32 Å². The number of ether oxygens (including phenoxy) is 3. The Balaban J connectivity index is 1.47. The van der Waals surface area contributed by atoms with Crippen LogP contribution in [0.2, 0.25) is 0 Å². The van der Waals surface area contributed by atoms with Crippen molar-refractivity contribution in [1.29, 1.82) is 0 Å². The zero-order valence-corrected chi connectivity index (χ0v) is 11.5. The van der Waals surface area contributed by atoms with Gasteiger partial charge in [0.2, 0.25) is 6.79 Å². The average molecular weight is 279 g/mol. The highest BCUT2D eigenvalue weighted by Gasteiger charge is 2.17. The molecule has 1 saturated heterocycles. The van der Waals surface area contributed by atoms with E-state index < -0.39 is 6.10 Å². The number of rotatable bonds is 5.